The molecule has 0 aliphatic carbocycles. The number of ether oxygens (including phenoxy) is 1. The van der Waals surface area contributed by atoms with Crippen LogP contribution in [-0.4, -0.2) is 40.3 Å². The maximum Gasteiger partial charge on any atom is 0.274 e. The van der Waals surface area contributed by atoms with Crippen molar-refractivity contribution < 1.29 is 9.53 Å². The van der Waals surface area contributed by atoms with Crippen molar-refractivity contribution in [1.82, 2.24) is 14.7 Å². The number of piperidine rings is 1. The number of likely N-dealkylation sites (tertiary alicyclic amines) is 1. The van der Waals surface area contributed by atoms with Gasteiger partial charge in [-0.15, -0.1) is 0 Å². The van der Waals surface area contributed by atoms with E-state index in [1.54, 1.807) is 0 Å². The van der Waals surface area contributed by atoms with Gasteiger partial charge >= 0.3 is 0 Å². The molecule has 0 unspecified atom stereocenters. The third kappa shape index (κ3) is 4.47. The average Bonchev–Trinajstić information content (AvgIpc) is 2.63. The summed E-state index contributed by atoms with van der Waals surface area (Å²) in [6, 6.07) is 12.3. The van der Waals surface area contributed by atoms with Gasteiger partial charge in [-0.1, -0.05) is 25.1 Å². The fourth-order valence-corrected chi connectivity index (χ4v) is 3.03. The fraction of sp³-hybridized carbons (Fsp3) is 0.421. The lowest BCUT2D eigenvalue weighted by Crippen LogP contribution is -2.40. The van der Waals surface area contributed by atoms with Crippen LogP contribution in [0.4, 0.5) is 0 Å². The van der Waals surface area contributed by atoms with Crippen LogP contribution in [0.25, 0.3) is 0 Å². The maximum atomic E-state index is 12.6. The smallest absolute Gasteiger partial charge is 0.274 e. The SMILES string of the molecule is C[C@@H]1CCCN(C(=O)c2ccc(=O)n(CCOc3ccccc3)n2)C1. The summed E-state index contributed by atoms with van der Waals surface area (Å²) < 4.78 is 6.90. The lowest BCUT2D eigenvalue weighted by Gasteiger charge is -2.30. The highest BCUT2D eigenvalue weighted by atomic mass is 16.5. The summed E-state index contributed by atoms with van der Waals surface area (Å²) in [6.07, 6.45) is 2.16. The van der Waals surface area contributed by atoms with Crippen molar-refractivity contribution in [1.29, 1.82) is 0 Å². The number of amides is 1. The minimum absolute atomic E-state index is 0.107. The molecule has 25 heavy (non-hydrogen) atoms. The van der Waals surface area contributed by atoms with E-state index in [0.717, 1.165) is 31.7 Å². The number of benzene rings is 1. The number of hydrogen-bond acceptors (Lipinski definition) is 4. The van der Waals surface area contributed by atoms with E-state index in [4.69, 9.17) is 4.74 Å². The summed E-state index contributed by atoms with van der Waals surface area (Å²) in [5.41, 5.74) is 0.0774. The molecular weight excluding hydrogens is 318 g/mol. The van der Waals surface area contributed by atoms with Crippen molar-refractivity contribution in [2.75, 3.05) is 19.7 Å². The van der Waals surface area contributed by atoms with Gasteiger partial charge in [-0.2, -0.15) is 5.10 Å². The summed E-state index contributed by atoms with van der Waals surface area (Å²) in [7, 11) is 0. The van der Waals surface area contributed by atoms with Gasteiger partial charge in [0.1, 0.15) is 18.1 Å². The maximum absolute atomic E-state index is 12.6. The molecule has 0 saturated carbocycles. The predicted molar refractivity (Wildman–Crippen MR) is 94.7 cm³/mol. The molecule has 1 aromatic carbocycles. The second kappa shape index (κ2) is 7.96. The van der Waals surface area contributed by atoms with Gasteiger partial charge in [-0.3, -0.25) is 9.59 Å². The zero-order chi connectivity index (χ0) is 17.6. The minimum Gasteiger partial charge on any atom is -0.492 e. The minimum atomic E-state index is -0.236. The van der Waals surface area contributed by atoms with E-state index in [1.165, 1.54) is 16.8 Å². The third-order valence-electron chi connectivity index (χ3n) is 4.34. The van der Waals surface area contributed by atoms with Crippen molar-refractivity contribution in [2.45, 2.75) is 26.3 Å². The fourth-order valence-electron chi connectivity index (χ4n) is 3.03. The molecule has 1 saturated heterocycles. The van der Waals surface area contributed by atoms with Gasteiger partial charge in [0.25, 0.3) is 11.5 Å². The first-order chi connectivity index (χ1) is 12.1. The molecule has 2 aromatic rings. The summed E-state index contributed by atoms with van der Waals surface area (Å²) in [4.78, 5) is 26.4. The van der Waals surface area contributed by atoms with Gasteiger partial charge in [0.05, 0.1) is 6.54 Å². The monoisotopic (exact) mass is 341 g/mol. The number of rotatable bonds is 5. The highest BCUT2D eigenvalue weighted by Gasteiger charge is 2.23. The summed E-state index contributed by atoms with van der Waals surface area (Å²) in [6.45, 7) is 4.26. The van der Waals surface area contributed by atoms with Crippen molar-refractivity contribution >= 4 is 5.91 Å². The number of aromatic nitrogens is 2. The molecule has 1 atom stereocenters. The van der Waals surface area contributed by atoms with Crippen LogP contribution >= 0.6 is 0 Å². The van der Waals surface area contributed by atoms with E-state index in [9.17, 15) is 9.59 Å². The van der Waals surface area contributed by atoms with Gasteiger partial charge in [0, 0.05) is 19.2 Å². The molecule has 1 aliphatic heterocycles. The lowest BCUT2D eigenvalue weighted by molar-refractivity contribution is 0.0673. The second-order valence-electron chi connectivity index (χ2n) is 6.44. The van der Waals surface area contributed by atoms with E-state index in [2.05, 4.69) is 12.0 Å². The third-order valence-corrected chi connectivity index (χ3v) is 4.34. The molecule has 2 heterocycles. The zero-order valence-corrected chi connectivity index (χ0v) is 14.4. The second-order valence-corrected chi connectivity index (χ2v) is 6.44. The summed E-state index contributed by atoms with van der Waals surface area (Å²) >= 11 is 0. The Morgan fingerprint density at radius 2 is 2.04 bits per heavy atom. The zero-order valence-electron chi connectivity index (χ0n) is 14.4. The first kappa shape index (κ1) is 17.2. The first-order valence-electron chi connectivity index (χ1n) is 8.69. The Morgan fingerprint density at radius 1 is 1.24 bits per heavy atom. The van der Waals surface area contributed by atoms with Gasteiger partial charge in [0.15, 0.2) is 0 Å². The van der Waals surface area contributed by atoms with Crippen LogP contribution in [-0.2, 0) is 6.54 Å². The van der Waals surface area contributed by atoms with Crippen molar-refractivity contribution in [3.63, 3.8) is 0 Å². The van der Waals surface area contributed by atoms with Crippen LogP contribution in [0.15, 0.2) is 47.3 Å². The van der Waals surface area contributed by atoms with Crippen molar-refractivity contribution in [3.05, 3.63) is 58.5 Å². The van der Waals surface area contributed by atoms with E-state index >= 15 is 0 Å². The summed E-state index contributed by atoms with van der Waals surface area (Å²) in [5, 5.41) is 4.24. The van der Waals surface area contributed by atoms with Crippen molar-refractivity contribution in [2.24, 2.45) is 5.92 Å². The number of hydrogen-bond donors (Lipinski definition) is 0. The Labute approximate surface area is 147 Å². The molecule has 0 N–H and O–H groups in total. The topological polar surface area (TPSA) is 64.4 Å². The molecule has 132 valence electrons. The molecule has 0 radical (unpaired) electrons. The molecule has 0 spiro atoms. The first-order valence-corrected chi connectivity index (χ1v) is 8.69. The molecule has 0 bridgehead atoms. The largest absolute Gasteiger partial charge is 0.492 e. The summed E-state index contributed by atoms with van der Waals surface area (Å²) in [5.74, 6) is 1.14. The van der Waals surface area contributed by atoms with Crippen LogP contribution in [0.5, 0.6) is 5.75 Å². The Hall–Kier alpha value is -2.63. The number of carbonyl (C=O) groups is 1. The Morgan fingerprint density at radius 3 is 2.80 bits per heavy atom. The standard InChI is InChI=1S/C19H23N3O3/c1-15-6-5-11-21(14-15)19(24)17-9-10-18(23)22(20-17)12-13-25-16-7-3-2-4-8-16/h2-4,7-10,15H,5-6,11-14H2,1H3/t15-/m1/s1. The van der Waals surface area contributed by atoms with E-state index in [-0.39, 0.29) is 11.5 Å². The number of carbonyl (C=O) groups excluding carboxylic acids is 1. The van der Waals surface area contributed by atoms with Crippen LogP contribution in [0, 0.1) is 5.92 Å². The molecular formula is C19H23N3O3. The highest BCUT2D eigenvalue weighted by Crippen LogP contribution is 2.17. The van der Waals surface area contributed by atoms with Gasteiger partial charge in [0.2, 0.25) is 0 Å². The molecule has 1 fully saturated rings. The lowest BCUT2D eigenvalue weighted by atomic mass is 10.00. The average molecular weight is 341 g/mol. The molecule has 1 amide bonds. The molecule has 6 heteroatoms. The van der Waals surface area contributed by atoms with Crippen LogP contribution in [0.3, 0.4) is 0 Å². The van der Waals surface area contributed by atoms with Gasteiger partial charge < -0.3 is 9.64 Å². The van der Waals surface area contributed by atoms with E-state index < -0.39 is 0 Å². The predicted octanol–water partition coefficient (Wildman–Crippen LogP) is 2.19. The quantitative estimate of drug-likeness (QED) is 0.836. The van der Waals surface area contributed by atoms with Gasteiger partial charge in [-0.05, 0) is 37.0 Å². The van der Waals surface area contributed by atoms with E-state index in [1.807, 2.05) is 35.2 Å². The van der Waals surface area contributed by atoms with E-state index in [0.29, 0.717) is 24.8 Å². The number of para-hydroxylation sites is 1. The van der Waals surface area contributed by atoms with Gasteiger partial charge in [-0.25, -0.2) is 4.68 Å². The van der Waals surface area contributed by atoms with Crippen LogP contribution < -0.4 is 10.3 Å². The van der Waals surface area contributed by atoms with Crippen LogP contribution in [0.1, 0.15) is 30.3 Å². The van der Waals surface area contributed by atoms with Crippen molar-refractivity contribution in [3.8, 4) is 5.75 Å². The Balaban J connectivity index is 1.65. The highest BCUT2D eigenvalue weighted by molar-refractivity contribution is 5.92. The molecule has 3 rings (SSSR count). The Bertz CT molecular complexity index is 773. The molecule has 6 nitrogen and oxygen atoms in total. The number of nitrogens with zero attached hydrogens (tertiary/aromatic N) is 3. The Kier molecular flexibility index (Phi) is 5.48. The molecule has 1 aliphatic rings. The molecule has 1 aromatic heterocycles. The normalized spacial score (nSPS) is 17.3. The van der Waals surface area contributed by atoms with Crippen LogP contribution in [0.2, 0.25) is 0 Å².